The predicted molar refractivity (Wildman–Crippen MR) is 113 cm³/mol. The first kappa shape index (κ1) is 24.4. The first-order valence-electron chi connectivity index (χ1n) is 11.4. The molecule has 2 aliphatic heterocycles. The summed E-state index contributed by atoms with van der Waals surface area (Å²) in [4.78, 5) is 11.7. The van der Waals surface area contributed by atoms with Crippen LogP contribution in [0.3, 0.4) is 0 Å². The fourth-order valence-corrected chi connectivity index (χ4v) is 5.13. The lowest BCUT2D eigenvalue weighted by Crippen LogP contribution is -2.10. The number of esters is 1. The van der Waals surface area contributed by atoms with E-state index >= 15 is 0 Å². The third-order valence-corrected chi connectivity index (χ3v) is 6.99. The number of phosphoric acid groups is 1. The van der Waals surface area contributed by atoms with Crippen LogP contribution in [0.15, 0.2) is 11.3 Å². The van der Waals surface area contributed by atoms with E-state index in [-0.39, 0.29) is 19.1 Å². The Hall–Kier alpha value is -0.840. The van der Waals surface area contributed by atoms with Crippen LogP contribution in [0.1, 0.15) is 91.4 Å². The van der Waals surface area contributed by atoms with E-state index in [0.717, 1.165) is 18.8 Å². The minimum absolute atomic E-state index is 0.118. The summed E-state index contributed by atoms with van der Waals surface area (Å²) in [5.74, 6) is 0.484. The van der Waals surface area contributed by atoms with Crippen LogP contribution >= 0.6 is 7.82 Å². The van der Waals surface area contributed by atoms with Crippen molar-refractivity contribution < 1.29 is 27.7 Å². The predicted octanol–water partition coefficient (Wildman–Crippen LogP) is 6.55. The highest BCUT2D eigenvalue weighted by Crippen LogP contribution is 2.54. The molecule has 0 aromatic rings. The molecule has 2 rings (SSSR count). The van der Waals surface area contributed by atoms with Gasteiger partial charge in [-0.05, 0) is 19.3 Å². The zero-order valence-corrected chi connectivity index (χ0v) is 19.3. The van der Waals surface area contributed by atoms with Gasteiger partial charge in [-0.3, -0.25) is 9.05 Å². The zero-order chi connectivity index (χ0) is 21.1. The van der Waals surface area contributed by atoms with Crippen molar-refractivity contribution in [2.24, 2.45) is 11.8 Å². The van der Waals surface area contributed by atoms with E-state index in [1.807, 2.05) is 0 Å². The summed E-state index contributed by atoms with van der Waals surface area (Å²) >= 11 is 0. The van der Waals surface area contributed by atoms with E-state index in [0.29, 0.717) is 17.9 Å². The first-order chi connectivity index (χ1) is 13.9. The molecule has 2 unspecified atom stereocenters. The van der Waals surface area contributed by atoms with E-state index in [1.165, 1.54) is 57.8 Å². The van der Waals surface area contributed by atoms with E-state index in [2.05, 4.69) is 13.8 Å². The highest BCUT2D eigenvalue weighted by molar-refractivity contribution is 7.48. The monoisotopic (exact) mass is 430 g/mol. The molecule has 0 bridgehead atoms. The fourth-order valence-electron chi connectivity index (χ4n) is 3.80. The van der Waals surface area contributed by atoms with Crippen molar-refractivity contribution in [2.45, 2.75) is 91.4 Å². The smallest absolute Gasteiger partial charge is 0.461 e. The van der Waals surface area contributed by atoms with Gasteiger partial charge in [0, 0.05) is 0 Å². The van der Waals surface area contributed by atoms with E-state index in [4.69, 9.17) is 18.3 Å². The number of rotatable bonds is 14. The van der Waals surface area contributed by atoms with E-state index < -0.39 is 13.8 Å². The van der Waals surface area contributed by atoms with Crippen molar-refractivity contribution in [1.82, 2.24) is 0 Å². The van der Waals surface area contributed by atoms with Crippen LogP contribution in [0.5, 0.6) is 0 Å². The Kier molecular flexibility index (Phi) is 10.8. The second kappa shape index (κ2) is 12.8. The van der Waals surface area contributed by atoms with Crippen LogP contribution in [-0.4, -0.2) is 25.8 Å². The maximum atomic E-state index is 12.7. The molecule has 7 heteroatoms. The molecular formula is C22H39O6P. The second-order valence-electron chi connectivity index (χ2n) is 8.65. The summed E-state index contributed by atoms with van der Waals surface area (Å²) in [7, 11) is -3.65. The van der Waals surface area contributed by atoms with Gasteiger partial charge in [0.2, 0.25) is 0 Å². The average Bonchev–Trinajstić information content (AvgIpc) is 2.98. The third kappa shape index (κ3) is 8.82. The fraction of sp³-hybridized carbons (Fsp3) is 0.864. The van der Waals surface area contributed by atoms with Crippen LogP contribution in [0.2, 0.25) is 0 Å². The van der Waals surface area contributed by atoms with Crippen LogP contribution < -0.4 is 0 Å². The van der Waals surface area contributed by atoms with Crippen molar-refractivity contribution in [3.63, 3.8) is 0 Å². The molecule has 0 amide bonds. The number of carbonyl (C=O) groups excluding carboxylic acids is 1. The van der Waals surface area contributed by atoms with Gasteiger partial charge in [-0.1, -0.05) is 78.1 Å². The van der Waals surface area contributed by atoms with Crippen molar-refractivity contribution >= 4 is 13.8 Å². The van der Waals surface area contributed by atoms with Gasteiger partial charge in [-0.25, -0.2) is 9.36 Å². The number of ether oxygens (including phenoxy) is 1. The molecule has 168 valence electrons. The molecule has 0 aliphatic carbocycles. The molecule has 6 nitrogen and oxygen atoms in total. The summed E-state index contributed by atoms with van der Waals surface area (Å²) in [5, 5.41) is 0. The Morgan fingerprint density at radius 3 is 2.17 bits per heavy atom. The topological polar surface area (TPSA) is 71.1 Å². The summed E-state index contributed by atoms with van der Waals surface area (Å²) in [5.41, 5.74) is 0.422. The lowest BCUT2D eigenvalue weighted by molar-refractivity contribution is -0.135. The van der Waals surface area contributed by atoms with E-state index in [1.54, 1.807) is 6.92 Å². The number of carbonyl (C=O) groups is 1. The molecule has 29 heavy (non-hydrogen) atoms. The molecule has 0 N–H and O–H groups in total. The van der Waals surface area contributed by atoms with Gasteiger partial charge in [0.1, 0.15) is 12.4 Å². The molecule has 0 aromatic heterocycles. The largest absolute Gasteiger partial charge is 0.529 e. The van der Waals surface area contributed by atoms with Crippen LogP contribution in [0.4, 0.5) is 0 Å². The Morgan fingerprint density at radius 2 is 1.55 bits per heavy atom. The van der Waals surface area contributed by atoms with Gasteiger partial charge < -0.3 is 9.26 Å². The number of unbranched alkanes of at least 4 members (excludes halogenated alkanes) is 9. The molecule has 0 spiro atoms. The van der Waals surface area contributed by atoms with Gasteiger partial charge in [0.25, 0.3) is 0 Å². The van der Waals surface area contributed by atoms with Crippen molar-refractivity contribution in [3.05, 3.63) is 11.3 Å². The SMILES string of the molecule is CC1=C2C(=O)OCC2COP(=O)(OCCCCCCCCCCCCC(C)C)O1. The molecule has 2 heterocycles. The minimum atomic E-state index is -3.65. The lowest BCUT2D eigenvalue weighted by atomic mass is 10.0. The molecule has 2 atom stereocenters. The maximum Gasteiger partial charge on any atom is 0.529 e. The molecule has 0 radical (unpaired) electrons. The summed E-state index contributed by atoms with van der Waals surface area (Å²) in [6.45, 7) is 6.90. The van der Waals surface area contributed by atoms with Crippen LogP contribution in [-0.2, 0) is 27.7 Å². The second-order valence-corrected chi connectivity index (χ2v) is 10.2. The highest BCUT2D eigenvalue weighted by Gasteiger charge is 2.42. The van der Waals surface area contributed by atoms with Gasteiger partial charge in [-0.2, -0.15) is 0 Å². The minimum Gasteiger partial charge on any atom is -0.461 e. The average molecular weight is 431 g/mol. The molecule has 0 aromatic carbocycles. The van der Waals surface area contributed by atoms with E-state index in [9.17, 15) is 9.36 Å². The van der Waals surface area contributed by atoms with Gasteiger partial charge in [0.05, 0.1) is 24.7 Å². The van der Waals surface area contributed by atoms with Crippen molar-refractivity contribution in [3.8, 4) is 0 Å². The number of cyclic esters (lactones) is 1. The number of phosphoric ester groups is 1. The number of hydrogen-bond acceptors (Lipinski definition) is 6. The Labute approximate surface area is 176 Å². The molecule has 0 saturated carbocycles. The normalized spacial score (nSPS) is 24.4. The number of hydrogen-bond donors (Lipinski definition) is 0. The summed E-state index contributed by atoms with van der Waals surface area (Å²) in [6.07, 6.45) is 13.7. The summed E-state index contributed by atoms with van der Waals surface area (Å²) in [6, 6.07) is 0. The Morgan fingerprint density at radius 1 is 0.966 bits per heavy atom. The first-order valence-corrected chi connectivity index (χ1v) is 12.8. The maximum absolute atomic E-state index is 12.7. The molecule has 1 fully saturated rings. The van der Waals surface area contributed by atoms with Crippen molar-refractivity contribution in [1.29, 1.82) is 0 Å². The Bertz CT molecular complexity index is 586. The molecule has 2 aliphatic rings. The van der Waals surface area contributed by atoms with Crippen LogP contribution in [0, 0.1) is 11.8 Å². The van der Waals surface area contributed by atoms with Crippen LogP contribution in [0.25, 0.3) is 0 Å². The van der Waals surface area contributed by atoms with Gasteiger partial charge in [-0.15, -0.1) is 0 Å². The summed E-state index contributed by atoms with van der Waals surface area (Å²) < 4.78 is 33.9. The van der Waals surface area contributed by atoms with Gasteiger partial charge in [0.15, 0.2) is 0 Å². The van der Waals surface area contributed by atoms with Crippen molar-refractivity contribution in [2.75, 3.05) is 19.8 Å². The standard InChI is InChI=1S/C22H39O6P/c1-18(2)14-12-10-8-6-4-5-7-9-11-13-15-26-29(24)27-17-20-16-25-22(23)21(20)19(3)28-29/h18,20H,4-17H2,1-3H3. The third-order valence-electron chi connectivity index (χ3n) is 5.53. The molecular weight excluding hydrogens is 391 g/mol. The zero-order valence-electron chi connectivity index (χ0n) is 18.5. The quantitative estimate of drug-likeness (QED) is 0.177. The Balaban J connectivity index is 1.48. The number of allylic oxidation sites excluding steroid dienone is 1. The lowest BCUT2D eigenvalue weighted by Gasteiger charge is -2.17. The highest BCUT2D eigenvalue weighted by atomic mass is 31.2. The van der Waals surface area contributed by atoms with Gasteiger partial charge >= 0.3 is 13.8 Å². The number of fused-ring (bicyclic) bond motifs is 1. The molecule has 1 saturated heterocycles.